The molecule has 0 bridgehead atoms. The zero-order chi connectivity index (χ0) is 19.1. The SMILES string of the molecule is NC(=O)C1CCN(CCCCCNC(=O)c2cc(-c3cccs3)on2)CC1. The summed E-state index contributed by atoms with van der Waals surface area (Å²) in [6.07, 6.45) is 4.81. The average molecular weight is 391 g/mol. The molecule has 1 aliphatic rings. The number of likely N-dealkylation sites (tertiary alicyclic amines) is 1. The maximum absolute atomic E-state index is 12.1. The van der Waals surface area contributed by atoms with E-state index in [2.05, 4.69) is 15.4 Å². The Morgan fingerprint density at radius 1 is 1.30 bits per heavy atom. The molecule has 0 radical (unpaired) electrons. The van der Waals surface area contributed by atoms with Gasteiger partial charge in [-0.2, -0.15) is 0 Å². The van der Waals surface area contributed by atoms with Crippen LogP contribution in [-0.2, 0) is 4.79 Å². The lowest BCUT2D eigenvalue weighted by Crippen LogP contribution is -2.38. The first-order valence-corrected chi connectivity index (χ1v) is 10.3. The van der Waals surface area contributed by atoms with Gasteiger partial charge in [-0.25, -0.2) is 0 Å². The number of carbonyl (C=O) groups is 2. The first-order valence-electron chi connectivity index (χ1n) is 9.44. The molecule has 3 heterocycles. The van der Waals surface area contributed by atoms with E-state index in [4.69, 9.17) is 10.3 Å². The molecular weight excluding hydrogens is 364 g/mol. The standard InChI is InChI=1S/C19H26N4O3S/c20-18(24)14-6-10-23(11-7-14)9-3-1-2-8-21-19(25)15-13-16(26-22-15)17-5-4-12-27-17/h4-5,12-14H,1-3,6-11H2,(H2,20,24)(H,21,25). The molecule has 2 aromatic rings. The second-order valence-electron chi connectivity index (χ2n) is 6.89. The Morgan fingerprint density at radius 3 is 2.81 bits per heavy atom. The molecule has 3 N–H and O–H groups in total. The highest BCUT2D eigenvalue weighted by molar-refractivity contribution is 7.13. The smallest absolute Gasteiger partial charge is 0.273 e. The maximum Gasteiger partial charge on any atom is 0.273 e. The van der Waals surface area contributed by atoms with Crippen molar-refractivity contribution in [1.82, 2.24) is 15.4 Å². The lowest BCUT2D eigenvalue weighted by Gasteiger charge is -2.30. The van der Waals surface area contributed by atoms with Crippen molar-refractivity contribution < 1.29 is 14.1 Å². The summed E-state index contributed by atoms with van der Waals surface area (Å²) in [6.45, 7) is 3.56. The third kappa shape index (κ3) is 5.64. The summed E-state index contributed by atoms with van der Waals surface area (Å²) in [5.74, 6) is 0.304. The van der Waals surface area contributed by atoms with Crippen molar-refractivity contribution in [2.75, 3.05) is 26.2 Å². The number of amides is 2. The van der Waals surface area contributed by atoms with Crippen LogP contribution in [0.25, 0.3) is 10.6 Å². The molecule has 2 amide bonds. The molecule has 8 heteroatoms. The van der Waals surface area contributed by atoms with Gasteiger partial charge >= 0.3 is 0 Å². The van der Waals surface area contributed by atoms with Crippen molar-refractivity contribution in [2.24, 2.45) is 11.7 Å². The Bertz CT molecular complexity index is 736. The summed E-state index contributed by atoms with van der Waals surface area (Å²) in [4.78, 5) is 26.6. The molecule has 3 rings (SSSR count). The molecular formula is C19H26N4O3S. The highest BCUT2D eigenvalue weighted by Crippen LogP contribution is 2.25. The Labute approximate surface area is 162 Å². The van der Waals surface area contributed by atoms with Gasteiger partial charge in [-0.1, -0.05) is 17.6 Å². The maximum atomic E-state index is 12.1. The number of nitrogens with zero attached hydrogens (tertiary/aromatic N) is 2. The Morgan fingerprint density at radius 2 is 2.11 bits per heavy atom. The van der Waals surface area contributed by atoms with Crippen LogP contribution in [-0.4, -0.2) is 48.0 Å². The van der Waals surface area contributed by atoms with Gasteiger partial charge in [0.05, 0.1) is 4.88 Å². The molecule has 27 heavy (non-hydrogen) atoms. The van der Waals surface area contributed by atoms with E-state index in [1.54, 1.807) is 17.4 Å². The second kappa shape index (κ2) is 9.66. The predicted octanol–water partition coefficient (Wildman–Crippen LogP) is 2.50. The number of hydrogen-bond acceptors (Lipinski definition) is 6. The van der Waals surface area contributed by atoms with Crippen LogP contribution in [0.1, 0.15) is 42.6 Å². The monoisotopic (exact) mass is 390 g/mol. The van der Waals surface area contributed by atoms with Crippen LogP contribution < -0.4 is 11.1 Å². The molecule has 1 aliphatic heterocycles. The number of piperidine rings is 1. The zero-order valence-electron chi connectivity index (χ0n) is 15.4. The second-order valence-corrected chi connectivity index (χ2v) is 7.84. The normalized spacial score (nSPS) is 15.7. The minimum atomic E-state index is -0.199. The molecule has 7 nitrogen and oxygen atoms in total. The summed E-state index contributed by atoms with van der Waals surface area (Å²) >= 11 is 1.55. The molecule has 0 saturated carbocycles. The van der Waals surface area contributed by atoms with Crippen LogP contribution in [0.4, 0.5) is 0 Å². The highest BCUT2D eigenvalue weighted by atomic mass is 32.1. The largest absolute Gasteiger partial charge is 0.369 e. The molecule has 2 aromatic heterocycles. The van der Waals surface area contributed by atoms with Gasteiger partial charge in [0.15, 0.2) is 11.5 Å². The molecule has 146 valence electrons. The van der Waals surface area contributed by atoms with Crippen molar-refractivity contribution in [3.05, 3.63) is 29.3 Å². The van der Waals surface area contributed by atoms with Gasteiger partial charge in [-0.3, -0.25) is 9.59 Å². The topological polar surface area (TPSA) is 101 Å². The van der Waals surface area contributed by atoms with Crippen molar-refractivity contribution in [3.63, 3.8) is 0 Å². The minimum absolute atomic E-state index is 0.0494. The van der Waals surface area contributed by atoms with Crippen LogP contribution >= 0.6 is 11.3 Å². The van der Waals surface area contributed by atoms with Crippen LogP contribution in [0, 0.1) is 5.92 Å². The first kappa shape index (κ1) is 19.6. The van der Waals surface area contributed by atoms with Crippen molar-refractivity contribution in [3.8, 4) is 10.6 Å². The number of unbranched alkanes of at least 4 members (excludes halogenated alkanes) is 2. The van der Waals surface area contributed by atoms with Gasteiger partial charge in [0.1, 0.15) is 0 Å². The fourth-order valence-electron chi connectivity index (χ4n) is 3.29. The van der Waals surface area contributed by atoms with E-state index in [9.17, 15) is 9.59 Å². The number of aromatic nitrogens is 1. The number of carbonyl (C=O) groups excluding carboxylic acids is 2. The van der Waals surface area contributed by atoms with E-state index in [1.807, 2.05) is 17.5 Å². The lowest BCUT2D eigenvalue weighted by atomic mass is 9.96. The van der Waals surface area contributed by atoms with Crippen molar-refractivity contribution in [1.29, 1.82) is 0 Å². The molecule has 0 aliphatic carbocycles. The Kier molecular flexibility index (Phi) is 7.00. The Balaban J connectivity index is 1.27. The molecule has 1 fully saturated rings. The number of nitrogens with one attached hydrogen (secondary N) is 1. The fourth-order valence-corrected chi connectivity index (χ4v) is 3.96. The summed E-state index contributed by atoms with van der Waals surface area (Å²) in [5.41, 5.74) is 5.67. The summed E-state index contributed by atoms with van der Waals surface area (Å²) in [5, 5.41) is 8.69. The van der Waals surface area contributed by atoms with Gasteiger partial charge < -0.3 is 20.5 Å². The third-order valence-electron chi connectivity index (χ3n) is 4.93. The lowest BCUT2D eigenvalue weighted by molar-refractivity contribution is -0.123. The number of hydrogen-bond donors (Lipinski definition) is 2. The van der Waals surface area contributed by atoms with Crippen LogP contribution in [0.5, 0.6) is 0 Å². The summed E-state index contributed by atoms with van der Waals surface area (Å²) < 4.78 is 5.23. The number of primary amides is 1. The summed E-state index contributed by atoms with van der Waals surface area (Å²) in [7, 11) is 0. The van der Waals surface area contributed by atoms with E-state index < -0.39 is 0 Å². The first-order chi connectivity index (χ1) is 13.1. The number of thiophene rings is 1. The van der Waals surface area contributed by atoms with Crippen LogP contribution in [0.15, 0.2) is 28.1 Å². The van der Waals surface area contributed by atoms with E-state index in [0.717, 1.165) is 56.6 Å². The van der Waals surface area contributed by atoms with Crippen LogP contribution in [0.2, 0.25) is 0 Å². The zero-order valence-corrected chi connectivity index (χ0v) is 16.2. The molecule has 0 aromatic carbocycles. The minimum Gasteiger partial charge on any atom is -0.369 e. The van der Waals surface area contributed by atoms with Crippen LogP contribution in [0.3, 0.4) is 0 Å². The molecule has 0 atom stereocenters. The van der Waals surface area contributed by atoms with E-state index in [0.29, 0.717) is 18.0 Å². The van der Waals surface area contributed by atoms with E-state index >= 15 is 0 Å². The average Bonchev–Trinajstić information content (AvgIpc) is 3.36. The van der Waals surface area contributed by atoms with Gasteiger partial charge in [-0.15, -0.1) is 11.3 Å². The quantitative estimate of drug-likeness (QED) is 0.641. The predicted molar refractivity (Wildman–Crippen MR) is 104 cm³/mol. The van der Waals surface area contributed by atoms with Crippen molar-refractivity contribution in [2.45, 2.75) is 32.1 Å². The Hall–Kier alpha value is -2.19. The highest BCUT2D eigenvalue weighted by Gasteiger charge is 2.22. The molecule has 0 spiro atoms. The molecule has 0 unspecified atom stereocenters. The fraction of sp³-hybridized carbons (Fsp3) is 0.526. The molecule has 1 saturated heterocycles. The third-order valence-corrected chi connectivity index (χ3v) is 5.82. The van der Waals surface area contributed by atoms with Crippen molar-refractivity contribution >= 4 is 23.2 Å². The van der Waals surface area contributed by atoms with E-state index in [1.165, 1.54) is 0 Å². The van der Waals surface area contributed by atoms with Gasteiger partial charge in [0.25, 0.3) is 5.91 Å². The van der Waals surface area contributed by atoms with E-state index in [-0.39, 0.29) is 17.7 Å². The van der Waals surface area contributed by atoms with Gasteiger partial charge in [0.2, 0.25) is 5.91 Å². The van der Waals surface area contributed by atoms with Gasteiger partial charge in [0, 0.05) is 18.5 Å². The summed E-state index contributed by atoms with van der Waals surface area (Å²) in [6, 6.07) is 5.54. The number of rotatable bonds is 9. The van der Waals surface area contributed by atoms with Gasteiger partial charge in [-0.05, 0) is 56.8 Å². The number of nitrogens with two attached hydrogens (primary N) is 1.